The first-order valence-corrected chi connectivity index (χ1v) is 6.91. The molecule has 0 fully saturated rings. The van der Waals surface area contributed by atoms with Gasteiger partial charge in [-0.1, -0.05) is 6.92 Å². The van der Waals surface area contributed by atoms with Gasteiger partial charge in [0.15, 0.2) is 0 Å². The van der Waals surface area contributed by atoms with E-state index in [-0.39, 0.29) is 0 Å². The van der Waals surface area contributed by atoms with Crippen molar-refractivity contribution in [3.05, 3.63) is 48.0 Å². The van der Waals surface area contributed by atoms with Gasteiger partial charge in [0.1, 0.15) is 0 Å². The Morgan fingerprint density at radius 2 is 2.00 bits per heavy atom. The maximum Gasteiger partial charge on any atom is 0.0492 e. The summed E-state index contributed by atoms with van der Waals surface area (Å²) in [6, 6.07) is 6.66. The van der Waals surface area contributed by atoms with Crippen LogP contribution in [0, 0.1) is 0 Å². The summed E-state index contributed by atoms with van der Waals surface area (Å²) in [7, 11) is 2.00. The van der Waals surface area contributed by atoms with E-state index in [2.05, 4.69) is 40.5 Å². The molecule has 19 heavy (non-hydrogen) atoms. The van der Waals surface area contributed by atoms with Gasteiger partial charge in [0.25, 0.3) is 0 Å². The summed E-state index contributed by atoms with van der Waals surface area (Å²) in [6.45, 7) is 3.23. The van der Waals surface area contributed by atoms with Gasteiger partial charge in [0.2, 0.25) is 0 Å². The lowest BCUT2D eigenvalue weighted by Gasteiger charge is -2.18. The molecule has 102 valence electrons. The molecule has 0 spiro atoms. The molecule has 2 aromatic heterocycles. The maximum absolute atomic E-state index is 4.22. The molecule has 0 aliphatic heterocycles. The Labute approximate surface area is 114 Å². The van der Waals surface area contributed by atoms with Gasteiger partial charge < -0.3 is 5.32 Å². The molecular weight excluding hydrogens is 236 g/mol. The van der Waals surface area contributed by atoms with E-state index in [0.29, 0.717) is 6.04 Å². The first-order chi connectivity index (χ1) is 9.31. The molecule has 2 aromatic rings. The quantitative estimate of drug-likeness (QED) is 0.829. The largest absolute Gasteiger partial charge is 0.310 e. The van der Waals surface area contributed by atoms with Crippen molar-refractivity contribution in [2.24, 2.45) is 7.05 Å². The molecule has 0 radical (unpaired) electrons. The average molecular weight is 258 g/mol. The molecule has 0 aliphatic rings. The Morgan fingerprint density at radius 1 is 1.21 bits per heavy atom. The molecule has 0 saturated heterocycles. The highest BCUT2D eigenvalue weighted by atomic mass is 15.2. The molecule has 0 aromatic carbocycles. The molecule has 2 rings (SSSR count). The number of nitrogens with zero attached hydrogens (tertiary/aromatic N) is 3. The second-order valence-corrected chi connectivity index (χ2v) is 4.77. The molecule has 1 N–H and O–H groups in total. The number of rotatable bonds is 7. The summed E-state index contributed by atoms with van der Waals surface area (Å²) in [5.74, 6) is 0. The first-order valence-electron chi connectivity index (χ1n) is 6.91. The van der Waals surface area contributed by atoms with E-state index in [4.69, 9.17) is 0 Å². The lowest BCUT2D eigenvalue weighted by Crippen LogP contribution is -2.23. The van der Waals surface area contributed by atoms with Gasteiger partial charge in [-0.05, 0) is 49.6 Å². The summed E-state index contributed by atoms with van der Waals surface area (Å²) >= 11 is 0. The monoisotopic (exact) mass is 258 g/mol. The topological polar surface area (TPSA) is 42.7 Å². The lowest BCUT2D eigenvalue weighted by molar-refractivity contribution is 0.491. The molecular formula is C15H22N4. The fourth-order valence-corrected chi connectivity index (χ4v) is 2.24. The Kier molecular flexibility index (Phi) is 5.10. The van der Waals surface area contributed by atoms with Gasteiger partial charge >= 0.3 is 0 Å². The predicted octanol–water partition coefficient (Wildman–Crippen LogP) is 2.49. The van der Waals surface area contributed by atoms with Gasteiger partial charge in [-0.2, -0.15) is 5.10 Å². The molecule has 1 unspecified atom stereocenters. The molecule has 0 saturated carbocycles. The highest BCUT2D eigenvalue weighted by molar-refractivity contribution is 5.15. The van der Waals surface area contributed by atoms with Crippen molar-refractivity contribution in [2.75, 3.05) is 6.54 Å². The number of aromatic nitrogens is 3. The number of nitrogens with one attached hydrogen (secondary N) is 1. The van der Waals surface area contributed by atoms with E-state index in [1.54, 1.807) is 0 Å². The fraction of sp³-hybridized carbons (Fsp3) is 0.467. The summed E-state index contributed by atoms with van der Waals surface area (Å²) < 4.78 is 1.95. The van der Waals surface area contributed by atoms with Crippen LogP contribution in [0.1, 0.15) is 37.1 Å². The van der Waals surface area contributed by atoms with Crippen molar-refractivity contribution in [1.82, 2.24) is 20.1 Å². The zero-order chi connectivity index (χ0) is 13.5. The van der Waals surface area contributed by atoms with Crippen LogP contribution < -0.4 is 5.32 Å². The Bertz CT molecular complexity index is 478. The Hall–Kier alpha value is -1.68. The average Bonchev–Trinajstić information content (AvgIpc) is 2.85. The molecule has 1 atom stereocenters. The standard InChI is InChI=1S/C15H22N4/c1-3-9-17-15(13-6-10-16-11-7-13)5-4-14-8-12-18-19(14)2/h6-8,10-12,15,17H,3-5,9H2,1-2H3. The SMILES string of the molecule is CCCNC(CCc1ccnn1C)c1ccncc1. The Morgan fingerprint density at radius 3 is 2.63 bits per heavy atom. The minimum Gasteiger partial charge on any atom is -0.310 e. The van der Waals surface area contributed by atoms with Gasteiger partial charge in [-0.15, -0.1) is 0 Å². The van der Waals surface area contributed by atoms with Crippen LogP contribution in [0.15, 0.2) is 36.8 Å². The van der Waals surface area contributed by atoms with Crippen LogP contribution in [0.4, 0.5) is 0 Å². The molecule has 0 bridgehead atoms. The van der Waals surface area contributed by atoms with Crippen LogP contribution in [-0.2, 0) is 13.5 Å². The van der Waals surface area contributed by atoms with E-state index in [1.807, 2.05) is 30.3 Å². The maximum atomic E-state index is 4.22. The van der Waals surface area contributed by atoms with E-state index in [9.17, 15) is 0 Å². The zero-order valence-electron chi connectivity index (χ0n) is 11.7. The number of hydrogen-bond donors (Lipinski definition) is 1. The minimum absolute atomic E-state index is 0.387. The fourth-order valence-electron chi connectivity index (χ4n) is 2.24. The summed E-state index contributed by atoms with van der Waals surface area (Å²) in [6.07, 6.45) is 8.83. The summed E-state index contributed by atoms with van der Waals surface area (Å²) in [5.41, 5.74) is 2.59. The molecule has 2 heterocycles. The van der Waals surface area contributed by atoms with Crippen molar-refractivity contribution < 1.29 is 0 Å². The summed E-state index contributed by atoms with van der Waals surface area (Å²) in [5, 5.41) is 7.83. The van der Waals surface area contributed by atoms with Gasteiger partial charge in [0.05, 0.1) is 0 Å². The van der Waals surface area contributed by atoms with Crippen LogP contribution in [0.3, 0.4) is 0 Å². The second-order valence-electron chi connectivity index (χ2n) is 4.77. The Balaban J connectivity index is 2.00. The highest BCUT2D eigenvalue weighted by Crippen LogP contribution is 2.18. The second kappa shape index (κ2) is 7.04. The lowest BCUT2D eigenvalue weighted by atomic mass is 10.0. The van der Waals surface area contributed by atoms with Crippen LogP contribution >= 0.6 is 0 Å². The number of aryl methyl sites for hydroxylation is 2. The van der Waals surface area contributed by atoms with E-state index < -0.39 is 0 Å². The minimum atomic E-state index is 0.387. The van der Waals surface area contributed by atoms with Crippen LogP contribution in [0.2, 0.25) is 0 Å². The molecule has 4 heteroatoms. The molecule has 0 aliphatic carbocycles. The molecule has 0 amide bonds. The van der Waals surface area contributed by atoms with Crippen molar-refractivity contribution in [3.8, 4) is 0 Å². The van der Waals surface area contributed by atoms with Crippen molar-refractivity contribution in [2.45, 2.75) is 32.2 Å². The van der Waals surface area contributed by atoms with Crippen molar-refractivity contribution in [1.29, 1.82) is 0 Å². The number of hydrogen-bond acceptors (Lipinski definition) is 3. The van der Waals surface area contributed by atoms with E-state index in [0.717, 1.165) is 25.8 Å². The smallest absolute Gasteiger partial charge is 0.0492 e. The van der Waals surface area contributed by atoms with Crippen LogP contribution in [0.25, 0.3) is 0 Å². The third-order valence-electron chi connectivity index (χ3n) is 3.36. The van der Waals surface area contributed by atoms with E-state index in [1.165, 1.54) is 11.3 Å². The third-order valence-corrected chi connectivity index (χ3v) is 3.36. The van der Waals surface area contributed by atoms with Crippen LogP contribution in [-0.4, -0.2) is 21.3 Å². The van der Waals surface area contributed by atoms with Crippen molar-refractivity contribution >= 4 is 0 Å². The van der Waals surface area contributed by atoms with Gasteiger partial charge in [0, 0.05) is 37.4 Å². The van der Waals surface area contributed by atoms with Gasteiger partial charge in [-0.25, -0.2) is 0 Å². The zero-order valence-corrected chi connectivity index (χ0v) is 11.7. The predicted molar refractivity (Wildman–Crippen MR) is 76.8 cm³/mol. The third kappa shape index (κ3) is 3.89. The highest BCUT2D eigenvalue weighted by Gasteiger charge is 2.11. The molecule has 4 nitrogen and oxygen atoms in total. The van der Waals surface area contributed by atoms with Crippen LogP contribution in [0.5, 0.6) is 0 Å². The van der Waals surface area contributed by atoms with E-state index >= 15 is 0 Å². The number of pyridine rings is 1. The summed E-state index contributed by atoms with van der Waals surface area (Å²) in [4.78, 5) is 4.09. The normalized spacial score (nSPS) is 12.5. The van der Waals surface area contributed by atoms with Crippen molar-refractivity contribution in [3.63, 3.8) is 0 Å². The van der Waals surface area contributed by atoms with Gasteiger partial charge in [-0.3, -0.25) is 9.67 Å². The first kappa shape index (κ1) is 13.7.